The summed E-state index contributed by atoms with van der Waals surface area (Å²) in [6, 6.07) is 10.3. The van der Waals surface area contributed by atoms with Crippen LogP contribution in [0.3, 0.4) is 0 Å². The van der Waals surface area contributed by atoms with Gasteiger partial charge in [-0.25, -0.2) is 0 Å². The van der Waals surface area contributed by atoms with Crippen molar-refractivity contribution in [1.82, 2.24) is 10.2 Å². The Bertz CT molecular complexity index is 419. The van der Waals surface area contributed by atoms with Crippen LogP contribution in [0, 0.1) is 12.8 Å². The molecule has 1 atom stereocenters. The fourth-order valence-corrected chi connectivity index (χ4v) is 3.10. The predicted octanol–water partition coefficient (Wildman–Crippen LogP) is 3.42. The highest BCUT2D eigenvalue weighted by Crippen LogP contribution is 2.37. The Morgan fingerprint density at radius 3 is 2.50 bits per heavy atom. The van der Waals surface area contributed by atoms with E-state index in [1.165, 1.54) is 24.0 Å². The SMILES string of the molecule is Cc1cccc(C2CC(NC(CN(C)C)C(C)C)C2)c1. The second-order valence-corrected chi connectivity index (χ2v) is 7.06. The summed E-state index contributed by atoms with van der Waals surface area (Å²) in [6.45, 7) is 7.95. The molecular formula is C18H30N2. The summed E-state index contributed by atoms with van der Waals surface area (Å²) in [5, 5.41) is 3.86. The molecule has 0 heterocycles. The zero-order valence-corrected chi connectivity index (χ0v) is 13.7. The largest absolute Gasteiger partial charge is 0.310 e. The van der Waals surface area contributed by atoms with Crippen LogP contribution >= 0.6 is 0 Å². The van der Waals surface area contributed by atoms with Crippen LogP contribution in [-0.2, 0) is 0 Å². The molecule has 1 aromatic carbocycles. The number of hydrogen-bond donors (Lipinski definition) is 1. The van der Waals surface area contributed by atoms with Gasteiger partial charge in [-0.15, -0.1) is 0 Å². The summed E-state index contributed by atoms with van der Waals surface area (Å²) in [5.74, 6) is 1.45. The van der Waals surface area contributed by atoms with E-state index in [0.717, 1.165) is 12.5 Å². The summed E-state index contributed by atoms with van der Waals surface area (Å²) in [5.41, 5.74) is 2.91. The lowest BCUT2D eigenvalue weighted by molar-refractivity contribution is 0.210. The minimum absolute atomic E-state index is 0.605. The first-order valence-electron chi connectivity index (χ1n) is 7.93. The molecule has 0 amide bonds. The third-order valence-corrected chi connectivity index (χ3v) is 4.47. The van der Waals surface area contributed by atoms with Crippen molar-refractivity contribution < 1.29 is 0 Å². The molecule has 0 saturated heterocycles. The number of aryl methyl sites for hydroxylation is 1. The maximum absolute atomic E-state index is 3.86. The van der Waals surface area contributed by atoms with Crippen molar-refractivity contribution in [2.24, 2.45) is 5.92 Å². The van der Waals surface area contributed by atoms with Gasteiger partial charge in [0.2, 0.25) is 0 Å². The average Bonchev–Trinajstić information content (AvgIpc) is 2.30. The molecule has 0 aromatic heterocycles. The number of nitrogens with one attached hydrogen (secondary N) is 1. The molecule has 0 radical (unpaired) electrons. The molecule has 2 nitrogen and oxygen atoms in total. The molecule has 2 heteroatoms. The summed E-state index contributed by atoms with van der Waals surface area (Å²) >= 11 is 0. The lowest BCUT2D eigenvalue weighted by Gasteiger charge is -2.40. The van der Waals surface area contributed by atoms with Gasteiger partial charge in [-0.2, -0.15) is 0 Å². The molecule has 1 unspecified atom stereocenters. The third kappa shape index (κ3) is 4.07. The highest BCUT2D eigenvalue weighted by Gasteiger charge is 2.32. The zero-order valence-electron chi connectivity index (χ0n) is 13.7. The molecule has 0 bridgehead atoms. The van der Waals surface area contributed by atoms with Gasteiger partial charge in [0.25, 0.3) is 0 Å². The first-order valence-corrected chi connectivity index (χ1v) is 7.93. The van der Waals surface area contributed by atoms with Crippen molar-refractivity contribution in [1.29, 1.82) is 0 Å². The van der Waals surface area contributed by atoms with Crippen molar-refractivity contribution in [3.8, 4) is 0 Å². The molecule has 112 valence electrons. The van der Waals surface area contributed by atoms with Crippen molar-refractivity contribution in [2.75, 3.05) is 20.6 Å². The maximum atomic E-state index is 3.86. The topological polar surface area (TPSA) is 15.3 Å². The second-order valence-electron chi connectivity index (χ2n) is 7.06. The van der Waals surface area contributed by atoms with Gasteiger partial charge in [-0.05, 0) is 51.3 Å². The predicted molar refractivity (Wildman–Crippen MR) is 87.3 cm³/mol. The number of rotatable bonds is 6. The second kappa shape index (κ2) is 6.73. The van der Waals surface area contributed by atoms with E-state index in [2.05, 4.69) is 69.3 Å². The summed E-state index contributed by atoms with van der Waals surface area (Å²) in [6.07, 6.45) is 2.58. The minimum atomic E-state index is 0.605. The lowest BCUT2D eigenvalue weighted by atomic mass is 9.75. The number of benzene rings is 1. The van der Waals surface area contributed by atoms with Crippen LogP contribution in [0.2, 0.25) is 0 Å². The van der Waals surface area contributed by atoms with Gasteiger partial charge in [-0.3, -0.25) is 0 Å². The quantitative estimate of drug-likeness (QED) is 0.855. The highest BCUT2D eigenvalue weighted by molar-refractivity contribution is 5.27. The molecule has 1 N–H and O–H groups in total. The average molecular weight is 274 g/mol. The standard InChI is InChI=1S/C18H30N2/c1-13(2)18(12-20(4)5)19-17-10-16(11-17)15-8-6-7-14(3)9-15/h6-9,13,16-19H,10-12H2,1-5H3. The Kier molecular flexibility index (Phi) is 5.22. The van der Waals surface area contributed by atoms with Crippen LogP contribution in [0.5, 0.6) is 0 Å². The Morgan fingerprint density at radius 1 is 1.25 bits per heavy atom. The van der Waals surface area contributed by atoms with Gasteiger partial charge >= 0.3 is 0 Å². The molecule has 0 aliphatic heterocycles. The van der Waals surface area contributed by atoms with E-state index in [1.54, 1.807) is 0 Å². The van der Waals surface area contributed by atoms with Crippen LogP contribution in [-0.4, -0.2) is 37.6 Å². The van der Waals surface area contributed by atoms with Crippen LogP contribution < -0.4 is 5.32 Å². The summed E-state index contributed by atoms with van der Waals surface area (Å²) in [7, 11) is 4.32. The Morgan fingerprint density at radius 2 is 1.95 bits per heavy atom. The molecule has 20 heavy (non-hydrogen) atoms. The fourth-order valence-electron chi connectivity index (χ4n) is 3.10. The monoisotopic (exact) mass is 274 g/mol. The van der Waals surface area contributed by atoms with Crippen LogP contribution in [0.15, 0.2) is 24.3 Å². The Balaban J connectivity index is 1.83. The van der Waals surface area contributed by atoms with E-state index in [4.69, 9.17) is 0 Å². The summed E-state index contributed by atoms with van der Waals surface area (Å²) < 4.78 is 0. The van der Waals surface area contributed by atoms with E-state index in [9.17, 15) is 0 Å². The van der Waals surface area contributed by atoms with Crippen LogP contribution in [0.4, 0.5) is 0 Å². The third-order valence-electron chi connectivity index (χ3n) is 4.47. The van der Waals surface area contributed by atoms with Crippen molar-refractivity contribution in [2.45, 2.75) is 51.6 Å². The van der Waals surface area contributed by atoms with E-state index >= 15 is 0 Å². The van der Waals surface area contributed by atoms with Gasteiger partial charge in [0.15, 0.2) is 0 Å². The van der Waals surface area contributed by atoms with Crippen molar-refractivity contribution in [3.63, 3.8) is 0 Å². The zero-order chi connectivity index (χ0) is 14.7. The van der Waals surface area contributed by atoms with Gasteiger partial charge in [0, 0.05) is 18.6 Å². The fraction of sp³-hybridized carbons (Fsp3) is 0.667. The number of hydrogen-bond acceptors (Lipinski definition) is 2. The molecule has 1 aliphatic rings. The minimum Gasteiger partial charge on any atom is -0.310 e. The molecular weight excluding hydrogens is 244 g/mol. The van der Waals surface area contributed by atoms with Gasteiger partial charge in [0.1, 0.15) is 0 Å². The Hall–Kier alpha value is -0.860. The van der Waals surface area contributed by atoms with Crippen molar-refractivity contribution >= 4 is 0 Å². The van der Waals surface area contributed by atoms with E-state index in [0.29, 0.717) is 18.0 Å². The molecule has 2 rings (SSSR count). The van der Waals surface area contributed by atoms with E-state index in [-0.39, 0.29) is 0 Å². The first kappa shape index (κ1) is 15.5. The first-order chi connectivity index (χ1) is 9.45. The number of nitrogens with zero attached hydrogens (tertiary/aromatic N) is 1. The molecule has 0 spiro atoms. The number of likely N-dealkylation sites (N-methyl/N-ethyl adjacent to an activating group) is 1. The molecule has 1 aromatic rings. The van der Waals surface area contributed by atoms with Gasteiger partial charge in [-0.1, -0.05) is 43.7 Å². The lowest BCUT2D eigenvalue weighted by Crippen LogP contribution is -2.51. The van der Waals surface area contributed by atoms with Gasteiger partial charge < -0.3 is 10.2 Å². The Labute approximate surface area is 124 Å². The smallest absolute Gasteiger partial charge is 0.0220 e. The highest BCUT2D eigenvalue weighted by atomic mass is 15.1. The van der Waals surface area contributed by atoms with Crippen LogP contribution in [0.25, 0.3) is 0 Å². The summed E-state index contributed by atoms with van der Waals surface area (Å²) in [4.78, 5) is 2.29. The normalized spacial score (nSPS) is 23.9. The van der Waals surface area contributed by atoms with E-state index in [1.807, 2.05) is 0 Å². The van der Waals surface area contributed by atoms with Crippen LogP contribution in [0.1, 0.15) is 43.7 Å². The van der Waals surface area contributed by atoms with Crippen molar-refractivity contribution in [3.05, 3.63) is 35.4 Å². The maximum Gasteiger partial charge on any atom is 0.0220 e. The van der Waals surface area contributed by atoms with Gasteiger partial charge in [0.05, 0.1) is 0 Å². The van der Waals surface area contributed by atoms with E-state index < -0.39 is 0 Å². The molecule has 1 saturated carbocycles. The molecule has 1 fully saturated rings. The molecule has 1 aliphatic carbocycles.